The fourth-order valence-corrected chi connectivity index (χ4v) is 4.14. The second-order valence-corrected chi connectivity index (χ2v) is 8.46. The van der Waals surface area contributed by atoms with Crippen LogP contribution in [0.25, 0.3) is 0 Å². The van der Waals surface area contributed by atoms with Gasteiger partial charge in [-0.1, -0.05) is 60.7 Å². The zero-order valence-electron chi connectivity index (χ0n) is 19.1. The van der Waals surface area contributed by atoms with Crippen molar-refractivity contribution in [3.05, 3.63) is 106 Å². The summed E-state index contributed by atoms with van der Waals surface area (Å²) in [6.07, 6.45) is 0.503. The fourth-order valence-electron chi connectivity index (χ4n) is 4.14. The third-order valence-electron chi connectivity index (χ3n) is 6.20. The van der Waals surface area contributed by atoms with Crippen molar-refractivity contribution < 1.29 is 18.8 Å². The number of aryl methyl sites for hydroxylation is 2. The van der Waals surface area contributed by atoms with E-state index in [0.717, 1.165) is 21.6 Å². The maximum Gasteiger partial charge on any atom is 0.326 e. The lowest BCUT2D eigenvalue weighted by Crippen LogP contribution is -2.46. The lowest BCUT2D eigenvalue weighted by Gasteiger charge is -2.28. The smallest absolute Gasteiger partial charge is 0.326 e. The number of halogens is 1. The lowest BCUT2D eigenvalue weighted by atomic mass is 9.81. The first kappa shape index (κ1) is 23.2. The minimum absolute atomic E-state index is 0.301. The zero-order valence-corrected chi connectivity index (χ0v) is 19.1. The molecule has 1 fully saturated rings. The first-order valence-corrected chi connectivity index (χ1v) is 11.1. The van der Waals surface area contributed by atoms with Crippen LogP contribution in [0.1, 0.15) is 27.8 Å². The summed E-state index contributed by atoms with van der Waals surface area (Å²) in [5.41, 5.74) is 2.78. The molecular formula is C27H26FN3O3. The first-order chi connectivity index (χ1) is 16.3. The van der Waals surface area contributed by atoms with Gasteiger partial charge < -0.3 is 10.6 Å². The van der Waals surface area contributed by atoms with Gasteiger partial charge in [0.05, 0.1) is 0 Å². The van der Waals surface area contributed by atoms with Crippen LogP contribution in [0.15, 0.2) is 72.8 Å². The molecule has 4 rings (SSSR count). The van der Waals surface area contributed by atoms with E-state index in [-0.39, 0.29) is 5.82 Å². The van der Waals surface area contributed by atoms with E-state index >= 15 is 0 Å². The van der Waals surface area contributed by atoms with Crippen molar-refractivity contribution in [2.45, 2.75) is 25.8 Å². The third-order valence-corrected chi connectivity index (χ3v) is 6.20. The van der Waals surface area contributed by atoms with Crippen LogP contribution in [0.4, 0.5) is 9.18 Å². The Balaban J connectivity index is 1.54. The van der Waals surface area contributed by atoms with Gasteiger partial charge in [-0.2, -0.15) is 0 Å². The number of carbonyl (C=O) groups is 3. The summed E-state index contributed by atoms with van der Waals surface area (Å²) in [6.45, 7) is 3.83. The van der Waals surface area contributed by atoms with Crippen LogP contribution >= 0.6 is 0 Å². The fraction of sp³-hybridized carbons (Fsp3) is 0.222. The number of rotatable bonds is 7. The predicted molar refractivity (Wildman–Crippen MR) is 126 cm³/mol. The minimum Gasteiger partial charge on any atom is -0.354 e. The van der Waals surface area contributed by atoms with Gasteiger partial charge >= 0.3 is 6.03 Å². The standard InChI is InChI=1S/C27H26FN3O3/c1-18-8-11-22(16-19(18)2)27(21-6-4-3-5-7-21)25(33)31(26(34)30-27)17-24(32)29-15-14-20-9-12-23(28)13-10-20/h3-13,16H,14-15,17H2,1-2H3,(H,29,32)(H,30,34)/t27-/m1/s1. The number of imide groups is 1. The van der Waals surface area contributed by atoms with E-state index in [2.05, 4.69) is 10.6 Å². The summed E-state index contributed by atoms with van der Waals surface area (Å²) in [4.78, 5) is 40.2. The van der Waals surface area contributed by atoms with E-state index in [1.807, 2.05) is 50.2 Å². The molecule has 0 bridgehead atoms. The first-order valence-electron chi connectivity index (χ1n) is 11.1. The summed E-state index contributed by atoms with van der Waals surface area (Å²) in [5.74, 6) is -1.27. The number of hydrogen-bond acceptors (Lipinski definition) is 3. The van der Waals surface area contributed by atoms with Gasteiger partial charge in [-0.25, -0.2) is 9.18 Å². The maximum atomic E-state index is 13.7. The number of carbonyl (C=O) groups excluding carboxylic acids is 3. The number of benzene rings is 3. The highest BCUT2D eigenvalue weighted by molar-refractivity contribution is 6.11. The Kier molecular flexibility index (Phi) is 6.45. The molecule has 1 aliphatic rings. The monoisotopic (exact) mass is 459 g/mol. The van der Waals surface area contributed by atoms with Crippen LogP contribution in [-0.4, -0.2) is 35.8 Å². The molecular weight excluding hydrogens is 433 g/mol. The van der Waals surface area contributed by atoms with Gasteiger partial charge in [0, 0.05) is 6.54 Å². The molecule has 0 spiro atoms. The maximum absolute atomic E-state index is 13.7. The largest absolute Gasteiger partial charge is 0.354 e. The van der Waals surface area contributed by atoms with E-state index < -0.39 is 29.9 Å². The highest BCUT2D eigenvalue weighted by atomic mass is 19.1. The molecule has 0 radical (unpaired) electrons. The van der Waals surface area contributed by atoms with Crippen LogP contribution in [-0.2, 0) is 21.5 Å². The molecule has 0 saturated carbocycles. The van der Waals surface area contributed by atoms with Crippen LogP contribution in [0.2, 0.25) is 0 Å². The van der Waals surface area contributed by atoms with Gasteiger partial charge in [0.1, 0.15) is 12.4 Å². The van der Waals surface area contributed by atoms with E-state index in [0.29, 0.717) is 24.1 Å². The molecule has 1 aliphatic heterocycles. The molecule has 4 amide bonds. The quantitative estimate of drug-likeness (QED) is 0.530. The second-order valence-electron chi connectivity index (χ2n) is 8.46. The summed E-state index contributed by atoms with van der Waals surface area (Å²) < 4.78 is 13.0. The second kappa shape index (κ2) is 9.47. The van der Waals surface area contributed by atoms with Gasteiger partial charge in [0.2, 0.25) is 5.91 Å². The van der Waals surface area contributed by atoms with Crippen LogP contribution in [0, 0.1) is 19.7 Å². The third kappa shape index (κ3) is 4.41. The molecule has 3 aromatic carbocycles. The Bertz CT molecular complexity index is 1230. The Morgan fingerprint density at radius 3 is 2.32 bits per heavy atom. The molecule has 7 heteroatoms. The minimum atomic E-state index is -1.41. The Morgan fingerprint density at radius 1 is 0.941 bits per heavy atom. The molecule has 3 aromatic rings. The molecule has 1 heterocycles. The van der Waals surface area contributed by atoms with Crippen molar-refractivity contribution in [1.82, 2.24) is 15.5 Å². The van der Waals surface area contributed by atoms with Crippen molar-refractivity contribution in [3.63, 3.8) is 0 Å². The average Bonchev–Trinajstić information content (AvgIpc) is 3.08. The van der Waals surface area contributed by atoms with Crippen molar-refractivity contribution in [2.24, 2.45) is 0 Å². The van der Waals surface area contributed by atoms with Gasteiger partial charge in [0.15, 0.2) is 5.54 Å². The molecule has 1 saturated heterocycles. The SMILES string of the molecule is Cc1ccc([C@@]2(c3ccccc3)NC(=O)N(CC(=O)NCCc3ccc(F)cc3)C2=O)cc1C. The summed E-state index contributed by atoms with van der Waals surface area (Å²) in [5, 5.41) is 5.59. The molecule has 6 nitrogen and oxygen atoms in total. The molecule has 0 unspecified atom stereocenters. The van der Waals surface area contributed by atoms with Gasteiger partial charge in [-0.3, -0.25) is 14.5 Å². The van der Waals surface area contributed by atoms with Crippen molar-refractivity contribution in [1.29, 1.82) is 0 Å². The predicted octanol–water partition coefficient (Wildman–Crippen LogP) is 3.60. The van der Waals surface area contributed by atoms with Crippen LogP contribution in [0.5, 0.6) is 0 Å². The van der Waals surface area contributed by atoms with Gasteiger partial charge in [0.25, 0.3) is 5.91 Å². The van der Waals surface area contributed by atoms with E-state index in [1.165, 1.54) is 12.1 Å². The lowest BCUT2D eigenvalue weighted by molar-refractivity contribution is -0.134. The Labute approximate surface area is 197 Å². The zero-order chi connectivity index (χ0) is 24.3. The molecule has 174 valence electrons. The van der Waals surface area contributed by atoms with Crippen LogP contribution in [0.3, 0.4) is 0 Å². The highest BCUT2D eigenvalue weighted by Gasteiger charge is 2.54. The average molecular weight is 460 g/mol. The van der Waals surface area contributed by atoms with Crippen molar-refractivity contribution in [3.8, 4) is 0 Å². The Morgan fingerprint density at radius 2 is 1.65 bits per heavy atom. The van der Waals surface area contributed by atoms with Gasteiger partial charge in [-0.15, -0.1) is 0 Å². The van der Waals surface area contributed by atoms with E-state index in [9.17, 15) is 18.8 Å². The van der Waals surface area contributed by atoms with E-state index in [4.69, 9.17) is 0 Å². The number of nitrogens with one attached hydrogen (secondary N) is 2. The van der Waals surface area contributed by atoms with Crippen LogP contribution < -0.4 is 10.6 Å². The number of amides is 4. The summed E-state index contributed by atoms with van der Waals surface area (Å²) >= 11 is 0. The molecule has 2 N–H and O–H groups in total. The number of nitrogens with zero attached hydrogens (tertiary/aromatic N) is 1. The topological polar surface area (TPSA) is 78.5 Å². The summed E-state index contributed by atoms with van der Waals surface area (Å²) in [6, 6.07) is 20.1. The van der Waals surface area contributed by atoms with Gasteiger partial charge in [-0.05, 0) is 60.2 Å². The van der Waals surface area contributed by atoms with Crippen molar-refractivity contribution >= 4 is 17.8 Å². The Hall–Kier alpha value is -4.00. The molecule has 1 atom stereocenters. The molecule has 0 aliphatic carbocycles. The summed E-state index contributed by atoms with van der Waals surface area (Å²) in [7, 11) is 0. The van der Waals surface area contributed by atoms with Crippen molar-refractivity contribution in [2.75, 3.05) is 13.1 Å². The van der Waals surface area contributed by atoms with E-state index in [1.54, 1.807) is 24.3 Å². The molecule has 0 aromatic heterocycles. The highest BCUT2D eigenvalue weighted by Crippen LogP contribution is 2.36. The number of urea groups is 1. The molecule has 34 heavy (non-hydrogen) atoms. The normalized spacial score (nSPS) is 17.6. The number of hydrogen-bond donors (Lipinski definition) is 2.